The van der Waals surface area contributed by atoms with Crippen LogP contribution in [0.25, 0.3) is 10.8 Å². The molecule has 0 atom stereocenters. The summed E-state index contributed by atoms with van der Waals surface area (Å²) in [4.78, 5) is 23.6. The van der Waals surface area contributed by atoms with E-state index in [1.165, 1.54) is 34.3 Å². The van der Waals surface area contributed by atoms with Gasteiger partial charge >= 0.3 is 11.9 Å². The van der Waals surface area contributed by atoms with E-state index < -0.39 is 17.7 Å². The molecule has 0 heterocycles. The molecule has 2 aromatic rings. The van der Waals surface area contributed by atoms with Crippen LogP contribution in [0.3, 0.4) is 0 Å². The van der Waals surface area contributed by atoms with Crippen molar-refractivity contribution in [3.63, 3.8) is 0 Å². The number of carbonyl (C=O) groups is 2. The predicted molar refractivity (Wildman–Crippen MR) is 87.9 cm³/mol. The highest BCUT2D eigenvalue weighted by Crippen LogP contribution is 2.49. The first-order chi connectivity index (χ1) is 11.9. The minimum atomic E-state index is -0.868. The van der Waals surface area contributed by atoms with Gasteiger partial charge in [0.15, 0.2) is 17.2 Å². The number of rotatable bonds is 5. The Morgan fingerprint density at radius 3 is 2.04 bits per heavy atom. The summed E-state index contributed by atoms with van der Waals surface area (Å²) in [6.45, 7) is 1.17. The molecule has 0 aliphatic heterocycles. The van der Waals surface area contributed by atoms with Gasteiger partial charge in [-0.1, -0.05) is 0 Å². The number of hydrogen-bond acceptors (Lipinski definition) is 8. The lowest BCUT2D eigenvalue weighted by molar-refractivity contribution is -0.131. The summed E-state index contributed by atoms with van der Waals surface area (Å²) in [6, 6.07) is 2.88. The lowest BCUT2D eigenvalue weighted by Gasteiger charge is -2.18. The lowest BCUT2D eigenvalue weighted by atomic mass is 10.0. The van der Waals surface area contributed by atoms with Crippen LogP contribution >= 0.6 is 0 Å². The summed E-state index contributed by atoms with van der Waals surface area (Å²) < 4.78 is 25.8. The van der Waals surface area contributed by atoms with Crippen molar-refractivity contribution in [2.45, 2.75) is 6.92 Å². The van der Waals surface area contributed by atoms with E-state index in [4.69, 9.17) is 18.9 Å². The quantitative estimate of drug-likeness (QED) is 0.647. The molecule has 8 nitrogen and oxygen atoms in total. The fourth-order valence-corrected chi connectivity index (χ4v) is 2.53. The zero-order chi connectivity index (χ0) is 18.7. The second-order valence-corrected chi connectivity index (χ2v) is 4.93. The third-order valence-corrected chi connectivity index (χ3v) is 3.50. The Morgan fingerprint density at radius 1 is 0.920 bits per heavy atom. The smallest absolute Gasteiger partial charge is 0.345 e. The fourth-order valence-electron chi connectivity index (χ4n) is 2.53. The largest absolute Gasteiger partial charge is 0.507 e. The first-order valence-corrected chi connectivity index (χ1v) is 7.14. The standard InChI is InChI=1S/C17H18O8/c1-8(18)25-15-12-9(6-10(19)13(15)17(20)24-5)7-11(21-2)14(22-3)16(12)23-4/h6-7,19H,1-5H3. The Kier molecular flexibility index (Phi) is 5.21. The number of carbonyl (C=O) groups excluding carboxylic acids is 2. The molecule has 0 saturated heterocycles. The van der Waals surface area contributed by atoms with Gasteiger partial charge in [-0.15, -0.1) is 0 Å². The Labute approximate surface area is 143 Å². The number of benzene rings is 2. The molecule has 0 aliphatic carbocycles. The van der Waals surface area contributed by atoms with Crippen LogP contribution in [-0.4, -0.2) is 45.5 Å². The molecule has 0 aromatic heterocycles. The summed E-state index contributed by atoms with van der Waals surface area (Å²) in [7, 11) is 5.40. The monoisotopic (exact) mass is 350 g/mol. The van der Waals surface area contributed by atoms with Crippen molar-refractivity contribution in [3.05, 3.63) is 17.7 Å². The van der Waals surface area contributed by atoms with E-state index in [0.717, 1.165) is 7.11 Å². The van der Waals surface area contributed by atoms with Gasteiger partial charge in [0.2, 0.25) is 5.75 Å². The number of esters is 2. The predicted octanol–water partition coefficient (Wildman–Crippen LogP) is 2.28. The van der Waals surface area contributed by atoms with Crippen molar-refractivity contribution in [1.82, 2.24) is 0 Å². The molecule has 0 bridgehead atoms. The molecule has 0 aliphatic rings. The fraction of sp³-hybridized carbons (Fsp3) is 0.294. The Hall–Kier alpha value is -3.16. The highest BCUT2D eigenvalue weighted by atomic mass is 16.6. The van der Waals surface area contributed by atoms with Gasteiger partial charge < -0.3 is 28.8 Å². The maximum absolute atomic E-state index is 12.1. The van der Waals surface area contributed by atoms with Crippen molar-refractivity contribution in [1.29, 1.82) is 0 Å². The number of fused-ring (bicyclic) bond motifs is 1. The van der Waals surface area contributed by atoms with E-state index in [9.17, 15) is 14.7 Å². The minimum Gasteiger partial charge on any atom is -0.507 e. The molecule has 0 unspecified atom stereocenters. The van der Waals surface area contributed by atoms with E-state index >= 15 is 0 Å². The van der Waals surface area contributed by atoms with Crippen molar-refractivity contribution in [2.24, 2.45) is 0 Å². The number of ether oxygens (including phenoxy) is 5. The third kappa shape index (κ3) is 3.10. The van der Waals surface area contributed by atoms with Gasteiger partial charge in [0.25, 0.3) is 0 Å². The van der Waals surface area contributed by atoms with Gasteiger partial charge in [-0.2, -0.15) is 0 Å². The molecule has 0 radical (unpaired) electrons. The maximum Gasteiger partial charge on any atom is 0.345 e. The second kappa shape index (κ2) is 7.16. The molecule has 0 saturated carbocycles. The molecule has 1 N–H and O–H groups in total. The van der Waals surface area contributed by atoms with E-state index in [0.29, 0.717) is 11.1 Å². The normalized spacial score (nSPS) is 10.3. The summed E-state index contributed by atoms with van der Waals surface area (Å²) >= 11 is 0. The molecule has 0 amide bonds. The summed E-state index contributed by atoms with van der Waals surface area (Å²) in [5.41, 5.74) is -0.296. The zero-order valence-electron chi connectivity index (χ0n) is 14.5. The van der Waals surface area contributed by atoms with Gasteiger partial charge in [0, 0.05) is 6.92 Å². The Balaban J connectivity index is 3.05. The van der Waals surface area contributed by atoms with Crippen LogP contribution in [0.15, 0.2) is 12.1 Å². The molecule has 134 valence electrons. The van der Waals surface area contributed by atoms with Gasteiger partial charge in [0.05, 0.1) is 33.8 Å². The minimum absolute atomic E-state index is 0.179. The van der Waals surface area contributed by atoms with Crippen LogP contribution in [0, 0.1) is 0 Å². The van der Waals surface area contributed by atoms with E-state index in [1.807, 2.05) is 0 Å². The summed E-state index contributed by atoms with van der Waals surface area (Å²) in [6.07, 6.45) is 0. The van der Waals surface area contributed by atoms with Crippen LogP contribution in [0.1, 0.15) is 17.3 Å². The molecule has 25 heavy (non-hydrogen) atoms. The van der Waals surface area contributed by atoms with Crippen LogP contribution in [-0.2, 0) is 9.53 Å². The first-order valence-electron chi connectivity index (χ1n) is 7.14. The molecule has 2 aromatic carbocycles. The third-order valence-electron chi connectivity index (χ3n) is 3.50. The van der Waals surface area contributed by atoms with Crippen LogP contribution in [0.2, 0.25) is 0 Å². The highest BCUT2D eigenvalue weighted by Gasteiger charge is 2.28. The van der Waals surface area contributed by atoms with Crippen LogP contribution in [0.5, 0.6) is 28.7 Å². The summed E-state index contributed by atoms with van der Waals surface area (Å²) in [5, 5.41) is 10.9. The Morgan fingerprint density at radius 2 is 1.56 bits per heavy atom. The molecule has 0 spiro atoms. The first kappa shape index (κ1) is 18.2. The molecule has 0 fully saturated rings. The maximum atomic E-state index is 12.1. The average molecular weight is 350 g/mol. The molecule has 2 rings (SSSR count). The SMILES string of the molecule is COC(=O)c1c(O)cc2cc(OC)c(OC)c(OC)c2c1OC(C)=O. The van der Waals surface area contributed by atoms with Gasteiger partial charge in [-0.3, -0.25) is 4.79 Å². The van der Waals surface area contributed by atoms with E-state index in [1.54, 1.807) is 6.07 Å². The van der Waals surface area contributed by atoms with Crippen molar-refractivity contribution >= 4 is 22.7 Å². The zero-order valence-corrected chi connectivity index (χ0v) is 14.5. The number of methoxy groups -OCH3 is 4. The van der Waals surface area contributed by atoms with E-state index in [-0.39, 0.29) is 28.2 Å². The average Bonchev–Trinajstić information content (AvgIpc) is 2.58. The molecule has 8 heteroatoms. The number of phenolic OH excluding ortho intramolecular Hbond substituents is 1. The second-order valence-electron chi connectivity index (χ2n) is 4.93. The van der Waals surface area contributed by atoms with Crippen molar-refractivity contribution in [3.8, 4) is 28.7 Å². The van der Waals surface area contributed by atoms with Gasteiger partial charge in [-0.25, -0.2) is 4.79 Å². The Bertz CT molecular complexity index is 841. The number of hydrogen-bond donors (Lipinski definition) is 1. The summed E-state index contributed by atoms with van der Waals surface area (Å²) in [5.74, 6) is -1.39. The van der Waals surface area contributed by atoms with Crippen LogP contribution in [0.4, 0.5) is 0 Å². The van der Waals surface area contributed by atoms with Crippen molar-refractivity contribution in [2.75, 3.05) is 28.4 Å². The topological polar surface area (TPSA) is 101 Å². The van der Waals surface area contributed by atoms with Crippen molar-refractivity contribution < 1.29 is 38.4 Å². The molecular formula is C17H18O8. The van der Waals surface area contributed by atoms with Crippen LogP contribution < -0.4 is 18.9 Å². The molecular weight excluding hydrogens is 332 g/mol. The highest BCUT2D eigenvalue weighted by molar-refractivity contribution is 6.08. The van der Waals surface area contributed by atoms with E-state index in [2.05, 4.69) is 4.74 Å². The van der Waals surface area contributed by atoms with Gasteiger partial charge in [-0.05, 0) is 17.5 Å². The van der Waals surface area contributed by atoms with Gasteiger partial charge in [0.1, 0.15) is 11.3 Å². The number of phenols is 1. The number of aromatic hydroxyl groups is 1. The lowest BCUT2D eigenvalue weighted by Crippen LogP contribution is -2.10.